The normalized spacial score (nSPS) is 10.9. The highest BCUT2D eigenvalue weighted by Gasteiger charge is 2.19. The fourth-order valence-electron chi connectivity index (χ4n) is 2.92. The van der Waals surface area contributed by atoms with E-state index in [4.69, 9.17) is 9.72 Å². The highest BCUT2D eigenvalue weighted by molar-refractivity contribution is 7.09. The summed E-state index contributed by atoms with van der Waals surface area (Å²) in [5, 5.41) is 0.871. The van der Waals surface area contributed by atoms with Gasteiger partial charge >= 0.3 is 0 Å². The van der Waals surface area contributed by atoms with Crippen molar-refractivity contribution in [1.29, 1.82) is 0 Å². The first-order valence-electron chi connectivity index (χ1n) is 9.48. The molecule has 6 nitrogen and oxygen atoms in total. The number of rotatable bonds is 10. The molecule has 0 N–H and O–H groups in total. The number of anilines is 1. The average molecular weight is 391 g/mol. The van der Waals surface area contributed by atoms with E-state index >= 15 is 0 Å². The Hall–Kier alpha value is -2.15. The van der Waals surface area contributed by atoms with Crippen LogP contribution in [0.3, 0.4) is 0 Å². The zero-order chi connectivity index (χ0) is 19.8. The molecule has 0 saturated carbocycles. The van der Waals surface area contributed by atoms with Crippen molar-refractivity contribution in [2.24, 2.45) is 0 Å². The maximum atomic E-state index is 12.3. The first-order valence-corrected chi connectivity index (χ1v) is 10.3. The van der Waals surface area contributed by atoms with Gasteiger partial charge in [0.2, 0.25) is 11.0 Å². The van der Waals surface area contributed by atoms with E-state index in [1.165, 1.54) is 11.5 Å². The van der Waals surface area contributed by atoms with Gasteiger partial charge in [-0.15, -0.1) is 0 Å². The van der Waals surface area contributed by atoms with Crippen LogP contribution in [0.2, 0.25) is 0 Å². The molecule has 2 rings (SSSR count). The maximum absolute atomic E-state index is 12.3. The Morgan fingerprint density at radius 2 is 2.00 bits per heavy atom. The smallest absolute Gasteiger partial charge is 0.224 e. The molecule has 0 fully saturated rings. The molecule has 1 heterocycles. The van der Waals surface area contributed by atoms with Crippen molar-refractivity contribution >= 4 is 22.6 Å². The van der Waals surface area contributed by atoms with Gasteiger partial charge in [0, 0.05) is 50.1 Å². The number of amides is 1. The van der Waals surface area contributed by atoms with Gasteiger partial charge in [-0.05, 0) is 45.4 Å². The Balaban J connectivity index is 2.04. The van der Waals surface area contributed by atoms with Crippen LogP contribution in [0.25, 0.3) is 0 Å². The number of hydrogen-bond donors (Lipinski definition) is 0. The van der Waals surface area contributed by atoms with Crippen LogP contribution in [0.15, 0.2) is 24.3 Å². The van der Waals surface area contributed by atoms with E-state index in [0.29, 0.717) is 19.4 Å². The van der Waals surface area contributed by atoms with E-state index in [1.807, 2.05) is 43.0 Å². The van der Waals surface area contributed by atoms with Crippen molar-refractivity contribution in [3.05, 3.63) is 35.7 Å². The minimum atomic E-state index is 0.187. The van der Waals surface area contributed by atoms with Gasteiger partial charge in [-0.1, -0.05) is 12.1 Å². The number of benzene rings is 1. The minimum absolute atomic E-state index is 0.187. The van der Waals surface area contributed by atoms with Gasteiger partial charge in [-0.25, -0.2) is 4.98 Å². The molecular weight excluding hydrogens is 360 g/mol. The van der Waals surface area contributed by atoms with Gasteiger partial charge < -0.3 is 14.5 Å². The van der Waals surface area contributed by atoms with Gasteiger partial charge in [-0.2, -0.15) is 4.37 Å². The third-order valence-electron chi connectivity index (χ3n) is 4.51. The molecule has 0 radical (unpaired) electrons. The second-order valence-electron chi connectivity index (χ2n) is 6.62. The SMILES string of the molecule is CCN(CC)C(=O)CCN(c1nc(Cc2cccc(OC)c2)ns1)C(C)C. The van der Waals surface area contributed by atoms with Gasteiger partial charge in [0.1, 0.15) is 11.6 Å². The second kappa shape index (κ2) is 10.3. The minimum Gasteiger partial charge on any atom is -0.497 e. The van der Waals surface area contributed by atoms with Gasteiger partial charge in [-0.3, -0.25) is 4.79 Å². The first-order chi connectivity index (χ1) is 13.0. The molecule has 0 aliphatic rings. The summed E-state index contributed by atoms with van der Waals surface area (Å²) in [5.74, 6) is 1.82. The molecule has 7 heteroatoms. The number of ether oxygens (including phenoxy) is 1. The van der Waals surface area contributed by atoms with Crippen LogP contribution in [0.5, 0.6) is 5.75 Å². The van der Waals surface area contributed by atoms with Crippen LogP contribution in [0.4, 0.5) is 5.13 Å². The summed E-state index contributed by atoms with van der Waals surface area (Å²) >= 11 is 1.40. The molecule has 1 amide bonds. The zero-order valence-corrected chi connectivity index (χ0v) is 17.8. The van der Waals surface area contributed by atoms with Crippen molar-refractivity contribution in [2.75, 3.05) is 31.6 Å². The first kappa shape index (κ1) is 21.2. The molecule has 148 valence electrons. The van der Waals surface area contributed by atoms with E-state index in [2.05, 4.69) is 23.1 Å². The zero-order valence-electron chi connectivity index (χ0n) is 16.9. The van der Waals surface area contributed by atoms with Crippen LogP contribution in [-0.4, -0.2) is 53.0 Å². The van der Waals surface area contributed by atoms with Crippen molar-refractivity contribution < 1.29 is 9.53 Å². The van der Waals surface area contributed by atoms with Crippen LogP contribution in [0, 0.1) is 0 Å². The van der Waals surface area contributed by atoms with Gasteiger partial charge in [0.15, 0.2) is 0 Å². The number of aromatic nitrogens is 2. The fraction of sp³-hybridized carbons (Fsp3) is 0.550. The monoisotopic (exact) mass is 390 g/mol. The average Bonchev–Trinajstić information content (AvgIpc) is 3.10. The van der Waals surface area contributed by atoms with Gasteiger partial charge in [0.25, 0.3) is 0 Å². The number of carbonyl (C=O) groups is 1. The van der Waals surface area contributed by atoms with Crippen LogP contribution < -0.4 is 9.64 Å². The molecule has 0 aliphatic heterocycles. The van der Waals surface area contributed by atoms with E-state index in [1.54, 1.807) is 7.11 Å². The van der Waals surface area contributed by atoms with E-state index < -0.39 is 0 Å². The Morgan fingerprint density at radius 3 is 2.63 bits per heavy atom. The van der Waals surface area contributed by atoms with E-state index in [9.17, 15) is 4.79 Å². The maximum Gasteiger partial charge on any atom is 0.224 e. The molecule has 1 aromatic carbocycles. The molecule has 1 aromatic heterocycles. The molecule has 27 heavy (non-hydrogen) atoms. The summed E-state index contributed by atoms with van der Waals surface area (Å²) in [6.45, 7) is 10.4. The largest absolute Gasteiger partial charge is 0.497 e. The molecule has 0 saturated heterocycles. The summed E-state index contributed by atoms with van der Waals surface area (Å²) in [6.07, 6.45) is 1.16. The molecule has 2 aromatic rings. The Kier molecular flexibility index (Phi) is 8.03. The summed E-state index contributed by atoms with van der Waals surface area (Å²) in [4.78, 5) is 21.1. The predicted octanol–water partition coefficient (Wildman–Crippen LogP) is 3.61. The molecule has 0 aliphatic carbocycles. The second-order valence-corrected chi connectivity index (χ2v) is 7.35. The Labute approximate surface area is 166 Å². The molecule has 0 bridgehead atoms. The number of nitrogens with zero attached hydrogens (tertiary/aromatic N) is 4. The molecular formula is C20H30N4O2S. The van der Waals surface area contributed by atoms with Crippen LogP contribution in [-0.2, 0) is 11.2 Å². The van der Waals surface area contributed by atoms with Gasteiger partial charge in [0.05, 0.1) is 7.11 Å². The molecule has 0 spiro atoms. The molecule has 0 atom stereocenters. The van der Waals surface area contributed by atoms with Crippen molar-refractivity contribution in [3.8, 4) is 5.75 Å². The van der Waals surface area contributed by atoms with Crippen molar-refractivity contribution in [1.82, 2.24) is 14.3 Å². The number of carbonyl (C=O) groups excluding carboxylic acids is 1. The Bertz CT molecular complexity index is 728. The van der Waals surface area contributed by atoms with E-state index in [-0.39, 0.29) is 11.9 Å². The number of hydrogen-bond acceptors (Lipinski definition) is 6. The van der Waals surface area contributed by atoms with Crippen molar-refractivity contribution in [2.45, 2.75) is 46.6 Å². The Morgan fingerprint density at radius 1 is 1.26 bits per heavy atom. The third-order valence-corrected chi connectivity index (χ3v) is 5.30. The number of methoxy groups -OCH3 is 1. The fourth-order valence-corrected chi connectivity index (χ4v) is 3.77. The highest BCUT2D eigenvalue weighted by Crippen LogP contribution is 2.22. The summed E-state index contributed by atoms with van der Waals surface area (Å²) < 4.78 is 9.79. The summed E-state index contributed by atoms with van der Waals surface area (Å²) in [5.41, 5.74) is 1.12. The lowest BCUT2D eigenvalue weighted by atomic mass is 10.1. The third kappa shape index (κ3) is 5.92. The van der Waals surface area contributed by atoms with Crippen molar-refractivity contribution in [3.63, 3.8) is 0 Å². The molecule has 0 unspecified atom stereocenters. The standard InChI is InChI=1S/C20H30N4O2S/c1-6-23(7-2)19(25)11-12-24(15(3)4)20-21-18(22-27-20)14-16-9-8-10-17(13-16)26-5/h8-10,13,15H,6-7,11-12,14H2,1-5H3. The van der Waals surface area contributed by atoms with Crippen LogP contribution >= 0.6 is 11.5 Å². The summed E-state index contributed by atoms with van der Waals surface area (Å²) in [7, 11) is 1.67. The van der Waals surface area contributed by atoms with Crippen LogP contribution in [0.1, 0.15) is 45.5 Å². The lowest BCUT2D eigenvalue weighted by Crippen LogP contribution is -2.37. The quantitative estimate of drug-likeness (QED) is 0.620. The predicted molar refractivity (Wildman–Crippen MR) is 111 cm³/mol. The summed E-state index contributed by atoms with van der Waals surface area (Å²) in [6, 6.07) is 8.21. The van der Waals surface area contributed by atoms with E-state index in [0.717, 1.165) is 35.4 Å². The highest BCUT2D eigenvalue weighted by atomic mass is 32.1. The topological polar surface area (TPSA) is 58.6 Å². The lowest BCUT2D eigenvalue weighted by Gasteiger charge is -2.27. The lowest BCUT2D eigenvalue weighted by molar-refractivity contribution is -0.130.